The highest BCUT2D eigenvalue weighted by atomic mass is 35.5. The summed E-state index contributed by atoms with van der Waals surface area (Å²) in [5, 5.41) is 0.545. The number of aromatic nitrogens is 1. The molecule has 0 saturated heterocycles. The minimum atomic E-state index is -0.0777. The first-order valence-corrected chi connectivity index (χ1v) is 7.33. The van der Waals surface area contributed by atoms with Crippen LogP contribution >= 0.6 is 11.6 Å². The molecule has 112 valence electrons. The highest BCUT2D eigenvalue weighted by Gasteiger charge is 2.12. The Morgan fingerprint density at radius 1 is 1.10 bits per heavy atom. The van der Waals surface area contributed by atoms with Gasteiger partial charge in [-0.3, -0.25) is 4.79 Å². The summed E-state index contributed by atoms with van der Waals surface area (Å²) in [6.07, 6.45) is 1.62. The van der Waals surface area contributed by atoms with Crippen LogP contribution in [0.3, 0.4) is 0 Å². The average molecular weight is 306 g/mol. The van der Waals surface area contributed by atoms with Crippen LogP contribution in [-0.4, -0.2) is 11.2 Å². The van der Waals surface area contributed by atoms with Crippen molar-refractivity contribution in [1.82, 2.24) is 4.57 Å². The van der Waals surface area contributed by atoms with E-state index in [1.807, 2.05) is 12.1 Å². The second kappa shape index (κ2) is 6.35. The third kappa shape index (κ3) is 4.36. The van der Waals surface area contributed by atoms with Gasteiger partial charge in [0.05, 0.1) is 11.6 Å². The summed E-state index contributed by atoms with van der Waals surface area (Å²) in [5.74, 6) is 0.804. The van der Waals surface area contributed by atoms with Crippen LogP contribution in [0, 0.1) is 0 Å². The third-order valence-electron chi connectivity index (χ3n) is 3.27. The molecule has 4 heteroatoms. The number of halogens is 1. The highest BCUT2D eigenvalue weighted by Crippen LogP contribution is 2.24. The summed E-state index contributed by atoms with van der Waals surface area (Å²) in [5.41, 5.74) is 1.32. The van der Waals surface area contributed by atoms with Crippen LogP contribution in [0.5, 0.6) is 5.75 Å². The van der Waals surface area contributed by atoms with Crippen LogP contribution in [-0.2, 0) is 12.0 Å². The number of ether oxygens (including phenoxy) is 1. The summed E-state index contributed by atoms with van der Waals surface area (Å²) in [6, 6.07) is 11.1. The van der Waals surface area contributed by atoms with Crippen molar-refractivity contribution in [3.63, 3.8) is 0 Å². The molecule has 0 aliphatic carbocycles. The first-order valence-electron chi connectivity index (χ1n) is 6.95. The predicted molar refractivity (Wildman–Crippen MR) is 86.3 cm³/mol. The third-order valence-corrected chi connectivity index (χ3v) is 3.49. The Balaban J connectivity index is 1.95. The molecule has 21 heavy (non-hydrogen) atoms. The van der Waals surface area contributed by atoms with Gasteiger partial charge in [-0.15, -0.1) is 0 Å². The van der Waals surface area contributed by atoms with E-state index in [1.165, 1.54) is 11.6 Å². The van der Waals surface area contributed by atoms with Crippen LogP contribution in [0.1, 0.15) is 26.3 Å². The second-order valence-electron chi connectivity index (χ2n) is 6.00. The zero-order valence-corrected chi connectivity index (χ0v) is 13.4. The molecule has 2 rings (SSSR count). The molecule has 2 aromatic rings. The molecule has 0 fully saturated rings. The van der Waals surface area contributed by atoms with Gasteiger partial charge in [-0.05, 0) is 29.2 Å². The number of benzene rings is 1. The van der Waals surface area contributed by atoms with E-state index in [1.54, 1.807) is 16.8 Å². The molecule has 0 saturated carbocycles. The largest absolute Gasteiger partial charge is 0.492 e. The van der Waals surface area contributed by atoms with Gasteiger partial charge in [-0.25, -0.2) is 0 Å². The second-order valence-corrected chi connectivity index (χ2v) is 6.44. The molecule has 1 heterocycles. The lowest BCUT2D eigenvalue weighted by Crippen LogP contribution is -2.21. The van der Waals surface area contributed by atoms with Gasteiger partial charge in [0.2, 0.25) is 0 Å². The predicted octanol–water partition coefficient (Wildman–Crippen LogP) is 3.88. The van der Waals surface area contributed by atoms with E-state index in [2.05, 4.69) is 32.9 Å². The normalized spacial score (nSPS) is 11.4. The lowest BCUT2D eigenvalue weighted by Gasteiger charge is -2.19. The summed E-state index contributed by atoms with van der Waals surface area (Å²) < 4.78 is 7.22. The lowest BCUT2D eigenvalue weighted by molar-refractivity contribution is 0.296. The van der Waals surface area contributed by atoms with Crippen molar-refractivity contribution < 1.29 is 4.74 Å². The molecule has 0 bridgehead atoms. The molecule has 1 aromatic heterocycles. The number of rotatable bonds is 4. The van der Waals surface area contributed by atoms with Gasteiger partial charge in [-0.1, -0.05) is 44.5 Å². The molecule has 0 unspecified atom stereocenters. The molecule has 0 spiro atoms. The topological polar surface area (TPSA) is 31.2 Å². The van der Waals surface area contributed by atoms with Gasteiger partial charge < -0.3 is 9.30 Å². The van der Waals surface area contributed by atoms with Crippen LogP contribution in [0.15, 0.2) is 47.4 Å². The van der Waals surface area contributed by atoms with Gasteiger partial charge in [0.25, 0.3) is 5.56 Å². The Morgan fingerprint density at radius 2 is 1.76 bits per heavy atom. The van der Waals surface area contributed by atoms with E-state index >= 15 is 0 Å². The van der Waals surface area contributed by atoms with Crippen molar-refractivity contribution in [3.05, 3.63) is 63.5 Å². The summed E-state index contributed by atoms with van der Waals surface area (Å²) in [4.78, 5) is 11.6. The van der Waals surface area contributed by atoms with E-state index in [9.17, 15) is 4.79 Å². The molecule has 1 aromatic carbocycles. The lowest BCUT2D eigenvalue weighted by atomic mass is 9.87. The fourth-order valence-electron chi connectivity index (χ4n) is 1.99. The van der Waals surface area contributed by atoms with Crippen LogP contribution in [0.4, 0.5) is 0 Å². The first kappa shape index (κ1) is 15.6. The number of nitrogens with zero attached hydrogens (tertiary/aromatic N) is 1. The first-order chi connectivity index (χ1) is 9.86. The molecule has 0 aliphatic rings. The quantitative estimate of drug-likeness (QED) is 0.858. The molecule has 0 atom stereocenters. The van der Waals surface area contributed by atoms with Gasteiger partial charge in [0.15, 0.2) is 0 Å². The van der Waals surface area contributed by atoms with Crippen LogP contribution in [0.2, 0.25) is 5.02 Å². The van der Waals surface area contributed by atoms with E-state index in [0.29, 0.717) is 18.2 Å². The fourth-order valence-corrected chi connectivity index (χ4v) is 2.17. The molecule has 0 aliphatic heterocycles. The molecular formula is C17H20ClNO2. The SMILES string of the molecule is CC(C)(C)c1ccc(OCCn2cc(Cl)ccc2=O)cc1. The van der Waals surface area contributed by atoms with Gasteiger partial charge in [0, 0.05) is 12.3 Å². The average Bonchev–Trinajstić information content (AvgIpc) is 2.42. The van der Waals surface area contributed by atoms with E-state index in [4.69, 9.17) is 16.3 Å². The summed E-state index contributed by atoms with van der Waals surface area (Å²) in [7, 11) is 0. The highest BCUT2D eigenvalue weighted by molar-refractivity contribution is 6.30. The van der Waals surface area contributed by atoms with Crippen molar-refractivity contribution >= 4 is 11.6 Å². The number of hydrogen-bond acceptors (Lipinski definition) is 2. The maximum atomic E-state index is 11.6. The van der Waals surface area contributed by atoms with Crippen molar-refractivity contribution in [2.45, 2.75) is 32.7 Å². The summed E-state index contributed by atoms with van der Waals surface area (Å²) in [6.45, 7) is 7.42. The molecule has 0 amide bonds. The fraction of sp³-hybridized carbons (Fsp3) is 0.353. The number of pyridine rings is 1. The van der Waals surface area contributed by atoms with Crippen molar-refractivity contribution in [3.8, 4) is 5.75 Å². The Kier molecular flexibility index (Phi) is 4.73. The van der Waals surface area contributed by atoms with Gasteiger partial charge >= 0.3 is 0 Å². The van der Waals surface area contributed by atoms with E-state index < -0.39 is 0 Å². The van der Waals surface area contributed by atoms with Gasteiger partial charge in [-0.2, -0.15) is 0 Å². The maximum Gasteiger partial charge on any atom is 0.250 e. The van der Waals surface area contributed by atoms with Crippen molar-refractivity contribution in [2.75, 3.05) is 6.61 Å². The van der Waals surface area contributed by atoms with Crippen molar-refractivity contribution in [1.29, 1.82) is 0 Å². The molecule has 3 nitrogen and oxygen atoms in total. The minimum Gasteiger partial charge on any atom is -0.492 e. The molecule has 0 N–H and O–H groups in total. The standard InChI is InChI=1S/C17H20ClNO2/c1-17(2,3)13-4-7-15(8-5-13)21-11-10-19-12-14(18)6-9-16(19)20/h4-9,12H,10-11H2,1-3H3. The minimum absolute atomic E-state index is 0.0777. The monoisotopic (exact) mass is 305 g/mol. The van der Waals surface area contributed by atoms with Crippen molar-refractivity contribution in [2.24, 2.45) is 0 Å². The van der Waals surface area contributed by atoms with Crippen LogP contribution in [0.25, 0.3) is 0 Å². The summed E-state index contributed by atoms with van der Waals surface area (Å²) >= 11 is 5.87. The Morgan fingerprint density at radius 3 is 2.38 bits per heavy atom. The van der Waals surface area contributed by atoms with E-state index in [-0.39, 0.29) is 11.0 Å². The van der Waals surface area contributed by atoms with Gasteiger partial charge in [0.1, 0.15) is 12.4 Å². The number of hydrogen-bond donors (Lipinski definition) is 0. The zero-order chi connectivity index (χ0) is 15.5. The Hall–Kier alpha value is -1.74. The zero-order valence-electron chi connectivity index (χ0n) is 12.6. The molecular weight excluding hydrogens is 286 g/mol. The van der Waals surface area contributed by atoms with Crippen LogP contribution < -0.4 is 10.3 Å². The maximum absolute atomic E-state index is 11.6. The van der Waals surface area contributed by atoms with E-state index in [0.717, 1.165) is 5.75 Å². The Bertz CT molecular complexity index is 654. The Labute approximate surface area is 130 Å². The molecule has 0 radical (unpaired) electrons. The smallest absolute Gasteiger partial charge is 0.250 e.